The lowest BCUT2D eigenvalue weighted by molar-refractivity contribution is 0.268. The van der Waals surface area contributed by atoms with Gasteiger partial charge in [0.1, 0.15) is 11.5 Å². The van der Waals surface area contributed by atoms with Crippen molar-refractivity contribution < 1.29 is 14.3 Å². The van der Waals surface area contributed by atoms with E-state index in [1.165, 1.54) is 7.11 Å². The van der Waals surface area contributed by atoms with Crippen molar-refractivity contribution in [1.82, 2.24) is 0 Å². The van der Waals surface area contributed by atoms with Gasteiger partial charge in [0.25, 0.3) is 0 Å². The number of hydrogen-bond acceptors (Lipinski definition) is 3. The van der Waals surface area contributed by atoms with E-state index in [2.05, 4.69) is 5.32 Å². The molecule has 0 atom stereocenters. The van der Waals surface area contributed by atoms with Crippen molar-refractivity contribution in [3.05, 3.63) is 17.7 Å². The predicted octanol–water partition coefficient (Wildman–Crippen LogP) is 2.78. The molecular weight excluding hydrogens is 218 g/mol. The number of carbonyl (C=O) groups is 1. The third-order valence-electron chi connectivity index (χ3n) is 1.95. The normalized spacial score (nSPS) is 9.60. The topological polar surface area (TPSA) is 47.6 Å². The first kappa shape index (κ1) is 11.7. The van der Waals surface area contributed by atoms with Crippen LogP contribution in [-0.4, -0.2) is 19.6 Å². The summed E-state index contributed by atoms with van der Waals surface area (Å²) in [6, 6.07) is 3.43. The van der Waals surface area contributed by atoms with Gasteiger partial charge in [0.15, 0.2) is 0 Å². The van der Waals surface area contributed by atoms with E-state index in [0.717, 1.165) is 5.56 Å². The summed E-state index contributed by atoms with van der Waals surface area (Å²) in [6.07, 6.45) is 0. The van der Waals surface area contributed by atoms with Gasteiger partial charge >= 0.3 is 5.37 Å². The average Bonchev–Trinajstić information content (AvgIpc) is 2.19. The molecule has 0 aliphatic carbocycles. The number of hydrogen-bond donors (Lipinski definition) is 1. The second kappa shape index (κ2) is 4.89. The van der Waals surface area contributed by atoms with Crippen LogP contribution in [0.4, 0.5) is 10.5 Å². The van der Waals surface area contributed by atoms with Crippen LogP contribution in [0.15, 0.2) is 12.1 Å². The molecule has 0 saturated heterocycles. The van der Waals surface area contributed by atoms with E-state index in [9.17, 15) is 4.79 Å². The Kier molecular flexibility index (Phi) is 3.80. The van der Waals surface area contributed by atoms with Gasteiger partial charge in [0.2, 0.25) is 0 Å². The smallest absolute Gasteiger partial charge is 0.318 e. The zero-order valence-electron chi connectivity index (χ0n) is 8.76. The number of aryl methyl sites for hydroxylation is 1. The molecule has 0 aliphatic rings. The van der Waals surface area contributed by atoms with Gasteiger partial charge in [0, 0.05) is 6.07 Å². The van der Waals surface area contributed by atoms with Crippen LogP contribution < -0.4 is 14.8 Å². The largest absolute Gasteiger partial charge is 0.496 e. The van der Waals surface area contributed by atoms with Crippen molar-refractivity contribution in [2.75, 3.05) is 19.5 Å². The zero-order chi connectivity index (χ0) is 11.4. The molecule has 0 bridgehead atoms. The summed E-state index contributed by atoms with van der Waals surface area (Å²) in [6.45, 7) is 1.88. The molecule has 0 aliphatic heterocycles. The number of carbonyl (C=O) groups excluding carboxylic acids is 1. The number of rotatable bonds is 3. The van der Waals surface area contributed by atoms with E-state index < -0.39 is 5.37 Å². The van der Waals surface area contributed by atoms with Gasteiger partial charge < -0.3 is 14.8 Å². The fourth-order valence-electron chi connectivity index (χ4n) is 1.25. The molecule has 82 valence electrons. The standard InChI is InChI=1S/C10H12ClNO3/c1-6-4-9(15-3)7(12-10(11)13)5-8(6)14-2/h4-5H,1-3H3,(H,12,13). The third-order valence-corrected chi connectivity index (χ3v) is 2.04. The van der Waals surface area contributed by atoms with Crippen molar-refractivity contribution in [3.63, 3.8) is 0 Å². The lowest BCUT2D eigenvalue weighted by Gasteiger charge is -2.12. The zero-order valence-corrected chi connectivity index (χ0v) is 9.51. The van der Waals surface area contributed by atoms with Crippen molar-refractivity contribution >= 4 is 22.7 Å². The SMILES string of the molecule is COc1cc(NC(=O)Cl)c(OC)cc1C. The molecule has 5 heteroatoms. The molecule has 0 heterocycles. The fourth-order valence-corrected chi connectivity index (χ4v) is 1.36. The molecule has 1 aromatic rings. The molecule has 1 N–H and O–H groups in total. The van der Waals surface area contributed by atoms with Crippen LogP contribution in [0.2, 0.25) is 0 Å². The van der Waals surface area contributed by atoms with Crippen molar-refractivity contribution in [1.29, 1.82) is 0 Å². The number of benzene rings is 1. The van der Waals surface area contributed by atoms with E-state index in [4.69, 9.17) is 21.1 Å². The Labute approximate surface area is 93.1 Å². The highest BCUT2D eigenvalue weighted by atomic mass is 35.5. The highest BCUT2D eigenvalue weighted by molar-refractivity contribution is 6.65. The fraction of sp³-hybridized carbons (Fsp3) is 0.300. The first-order valence-corrected chi connectivity index (χ1v) is 4.65. The van der Waals surface area contributed by atoms with E-state index in [0.29, 0.717) is 17.2 Å². The number of halogens is 1. The monoisotopic (exact) mass is 229 g/mol. The maximum Gasteiger partial charge on any atom is 0.318 e. The highest BCUT2D eigenvalue weighted by Gasteiger charge is 2.09. The minimum Gasteiger partial charge on any atom is -0.496 e. The van der Waals surface area contributed by atoms with E-state index in [1.807, 2.05) is 6.92 Å². The molecule has 0 unspecified atom stereocenters. The summed E-state index contributed by atoms with van der Waals surface area (Å²) in [5, 5.41) is 1.78. The average molecular weight is 230 g/mol. The minimum absolute atomic E-state index is 0.486. The minimum atomic E-state index is -0.667. The van der Waals surface area contributed by atoms with Gasteiger partial charge in [-0.3, -0.25) is 4.79 Å². The van der Waals surface area contributed by atoms with Crippen LogP contribution in [0.5, 0.6) is 11.5 Å². The maximum atomic E-state index is 10.7. The molecular formula is C10H12ClNO3. The van der Waals surface area contributed by atoms with Gasteiger partial charge in [-0.05, 0) is 30.2 Å². The molecule has 1 rings (SSSR count). The Morgan fingerprint density at radius 2 is 1.87 bits per heavy atom. The number of anilines is 1. The predicted molar refractivity (Wildman–Crippen MR) is 59.2 cm³/mol. The van der Waals surface area contributed by atoms with Crippen LogP contribution in [0.1, 0.15) is 5.56 Å². The van der Waals surface area contributed by atoms with Crippen LogP contribution in [0.3, 0.4) is 0 Å². The van der Waals surface area contributed by atoms with Crippen molar-refractivity contribution in [2.24, 2.45) is 0 Å². The van der Waals surface area contributed by atoms with Gasteiger partial charge in [-0.1, -0.05) is 0 Å². The van der Waals surface area contributed by atoms with Crippen LogP contribution in [-0.2, 0) is 0 Å². The summed E-state index contributed by atoms with van der Waals surface area (Å²) in [7, 11) is 3.08. The summed E-state index contributed by atoms with van der Waals surface area (Å²) in [4.78, 5) is 10.7. The Balaban J connectivity index is 3.16. The van der Waals surface area contributed by atoms with Crippen molar-refractivity contribution in [3.8, 4) is 11.5 Å². The molecule has 0 aromatic heterocycles. The lowest BCUT2D eigenvalue weighted by Crippen LogP contribution is -2.04. The molecule has 4 nitrogen and oxygen atoms in total. The Morgan fingerprint density at radius 3 is 2.33 bits per heavy atom. The summed E-state index contributed by atoms with van der Waals surface area (Å²) in [5.41, 5.74) is 1.40. The third kappa shape index (κ3) is 2.76. The Hall–Kier alpha value is -1.42. The molecule has 15 heavy (non-hydrogen) atoms. The first-order chi connectivity index (χ1) is 7.08. The molecule has 1 amide bonds. The lowest BCUT2D eigenvalue weighted by atomic mass is 10.2. The highest BCUT2D eigenvalue weighted by Crippen LogP contribution is 2.32. The quantitative estimate of drug-likeness (QED) is 0.641. The van der Waals surface area contributed by atoms with Gasteiger partial charge in [-0.25, -0.2) is 0 Å². The Morgan fingerprint density at radius 1 is 1.27 bits per heavy atom. The Bertz CT molecular complexity index is 379. The van der Waals surface area contributed by atoms with Gasteiger partial charge in [0.05, 0.1) is 19.9 Å². The first-order valence-electron chi connectivity index (χ1n) is 4.27. The van der Waals surface area contributed by atoms with Crippen molar-refractivity contribution in [2.45, 2.75) is 6.92 Å². The van der Waals surface area contributed by atoms with Crippen LogP contribution >= 0.6 is 11.6 Å². The second-order valence-corrected chi connectivity index (χ2v) is 3.26. The molecule has 0 saturated carbocycles. The van der Waals surface area contributed by atoms with Gasteiger partial charge in [-0.15, -0.1) is 0 Å². The molecule has 1 aromatic carbocycles. The maximum absolute atomic E-state index is 10.7. The van der Waals surface area contributed by atoms with E-state index in [-0.39, 0.29) is 0 Å². The molecule has 0 radical (unpaired) electrons. The second-order valence-electron chi connectivity index (χ2n) is 2.92. The van der Waals surface area contributed by atoms with E-state index >= 15 is 0 Å². The number of amides is 1. The van der Waals surface area contributed by atoms with Crippen LogP contribution in [0.25, 0.3) is 0 Å². The number of nitrogens with one attached hydrogen (secondary N) is 1. The summed E-state index contributed by atoms with van der Waals surface area (Å²) >= 11 is 5.23. The van der Waals surface area contributed by atoms with Gasteiger partial charge in [-0.2, -0.15) is 0 Å². The molecule has 0 spiro atoms. The van der Waals surface area contributed by atoms with Crippen LogP contribution in [0, 0.1) is 6.92 Å². The number of ether oxygens (including phenoxy) is 2. The summed E-state index contributed by atoms with van der Waals surface area (Å²) in [5.74, 6) is 1.21. The van der Waals surface area contributed by atoms with E-state index in [1.54, 1.807) is 19.2 Å². The number of methoxy groups -OCH3 is 2. The summed E-state index contributed by atoms with van der Waals surface area (Å²) < 4.78 is 10.2. The molecule has 0 fully saturated rings.